The number of halogens is 1. The van der Waals surface area contributed by atoms with Gasteiger partial charge in [-0.15, -0.1) is 0 Å². The van der Waals surface area contributed by atoms with Gasteiger partial charge in [0.2, 0.25) is 0 Å². The van der Waals surface area contributed by atoms with Crippen molar-refractivity contribution >= 4 is 17.1 Å². The first-order valence-corrected chi connectivity index (χ1v) is 10.6. The largest absolute Gasteiger partial charge is 0.462 e. The molecule has 2 heterocycles. The number of ether oxygens (including phenoxy) is 2. The highest BCUT2D eigenvalue weighted by Gasteiger charge is 2.33. The number of likely N-dealkylation sites (tertiary alicyclic amines) is 1. The van der Waals surface area contributed by atoms with Crippen molar-refractivity contribution in [2.75, 3.05) is 13.2 Å². The molecule has 1 aliphatic heterocycles. The molecule has 0 N–H and O–H groups in total. The third-order valence-corrected chi connectivity index (χ3v) is 5.32. The molecule has 1 amide bonds. The van der Waals surface area contributed by atoms with Gasteiger partial charge in [-0.3, -0.25) is 4.57 Å². The van der Waals surface area contributed by atoms with Crippen LogP contribution in [0, 0.1) is 5.82 Å². The number of hydrogen-bond donors (Lipinski definition) is 0. The lowest BCUT2D eigenvalue weighted by molar-refractivity contribution is 0.0183. The number of carbonyl (C=O) groups is 1. The van der Waals surface area contributed by atoms with E-state index in [1.165, 1.54) is 6.07 Å². The molecule has 31 heavy (non-hydrogen) atoms. The summed E-state index contributed by atoms with van der Waals surface area (Å²) >= 11 is 0. The topological polar surface area (TPSA) is 56.6 Å². The van der Waals surface area contributed by atoms with Gasteiger partial charge >= 0.3 is 6.09 Å². The van der Waals surface area contributed by atoms with E-state index in [4.69, 9.17) is 9.47 Å². The van der Waals surface area contributed by atoms with Crippen molar-refractivity contribution < 1.29 is 18.7 Å². The first-order valence-electron chi connectivity index (χ1n) is 10.6. The van der Waals surface area contributed by atoms with Gasteiger partial charge in [-0.1, -0.05) is 30.3 Å². The van der Waals surface area contributed by atoms with E-state index in [9.17, 15) is 9.18 Å². The second-order valence-electron chi connectivity index (χ2n) is 8.84. The summed E-state index contributed by atoms with van der Waals surface area (Å²) in [5.41, 5.74) is 1.67. The predicted octanol–water partition coefficient (Wildman–Crippen LogP) is 5.00. The van der Waals surface area contributed by atoms with Crippen LogP contribution in [0.5, 0.6) is 6.01 Å². The van der Waals surface area contributed by atoms with Crippen LogP contribution in [-0.2, 0) is 11.3 Å². The molecule has 4 rings (SSSR count). The van der Waals surface area contributed by atoms with Crippen molar-refractivity contribution in [1.29, 1.82) is 0 Å². The second kappa shape index (κ2) is 8.57. The summed E-state index contributed by atoms with van der Waals surface area (Å²) < 4.78 is 27.8. The summed E-state index contributed by atoms with van der Waals surface area (Å²) in [5, 5.41) is 0. The Labute approximate surface area is 181 Å². The van der Waals surface area contributed by atoms with Gasteiger partial charge in [-0.25, -0.2) is 9.18 Å². The van der Waals surface area contributed by atoms with Gasteiger partial charge in [0.1, 0.15) is 18.0 Å². The molecule has 0 saturated carbocycles. The summed E-state index contributed by atoms with van der Waals surface area (Å²) in [6, 6.07) is 14.7. The predicted molar refractivity (Wildman–Crippen MR) is 117 cm³/mol. The number of hydrogen-bond acceptors (Lipinski definition) is 4. The molecule has 0 bridgehead atoms. The molecule has 0 aliphatic carbocycles. The highest BCUT2D eigenvalue weighted by Crippen LogP contribution is 2.26. The molecule has 1 aromatic heterocycles. The molecule has 1 fully saturated rings. The van der Waals surface area contributed by atoms with Crippen LogP contribution in [0.2, 0.25) is 0 Å². The Kier molecular flexibility index (Phi) is 5.85. The minimum Gasteiger partial charge on any atom is -0.462 e. The van der Waals surface area contributed by atoms with Gasteiger partial charge < -0.3 is 14.4 Å². The summed E-state index contributed by atoms with van der Waals surface area (Å²) in [4.78, 5) is 18.9. The Hall–Kier alpha value is -3.09. The second-order valence-corrected chi connectivity index (χ2v) is 8.84. The van der Waals surface area contributed by atoms with Gasteiger partial charge in [0.15, 0.2) is 0 Å². The minimum atomic E-state index is -0.543. The van der Waals surface area contributed by atoms with Crippen LogP contribution in [0.4, 0.5) is 9.18 Å². The molecule has 0 spiro atoms. The van der Waals surface area contributed by atoms with Crippen LogP contribution in [0.1, 0.15) is 39.2 Å². The average molecular weight is 426 g/mol. The van der Waals surface area contributed by atoms with E-state index in [1.807, 2.05) is 55.7 Å². The van der Waals surface area contributed by atoms with Crippen molar-refractivity contribution in [3.63, 3.8) is 0 Å². The number of imidazole rings is 1. The van der Waals surface area contributed by atoms with Crippen LogP contribution in [0.3, 0.4) is 0 Å². The number of aromatic nitrogens is 2. The monoisotopic (exact) mass is 425 g/mol. The van der Waals surface area contributed by atoms with Crippen LogP contribution in [0.15, 0.2) is 48.5 Å². The highest BCUT2D eigenvalue weighted by molar-refractivity contribution is 5.76. The SMILES string of the molecule is CC(C)(C)OC(=O)N1CCC[C@@H]1COc1nc2ccccc2n1Cc1ccccc1F. The Bertz CT molecular complexity index is 1070. The van der Waals surface area contributed by atoms with Crippen molar-refractivity contribution in [3.8, 4) is 6.01 Å². The summed E-state index contributed by atoms with van der Waals surface area (Å²) in [6.45, 7) is 6.84. The standard InChI is InChI=1S/C24H28FN3O3/c1-24(2,3)31-23(29)27-14-8-10-18(27)16-30-22-26-20-12-6-7-13-21(20)28(22)15-17-9-4-5-11-19(17)25/h4-7,9,11-13,18H,8,10,14-16H2,1-3H3/t18-/m1/s1. The van der Waals surface area contributed by atoms with Gasteiger partial charge in [-0.05, 0) is 51.8 Å². The molecule has 0 unspecified atom stereocenters. The van der Waals surface area contributed by atoms with Crippen LogP contribution >= 0.6 is 0 Å². The van der Waals surface area contributed by atoms with E-state index in [-0.39, 0.29) is 18.0 Å². The fourth-order valence-corrected chi connectivity index (χ4v) is 3.85. The van der Waals surface area contributed by atoms with Crippen LogP contribution in [-0.4, -0.2) is 45.3 Å². The highest BCUT2D eigenvalue weighted by atomic mass is 19.1. The maximum atomic E-state index is 14.3. The number of fused-ring (bicyclic) bond motifs is 1. The first-order chi connectivity index (χ1) is 14.8. The molecule has 1 atom stereocenters. The van der Waals surface area contributed by atoms with Crippen molar-refractivity contribution in [2.24, 2.45) is 0 Å². The summed E-state index contributed by atoms with van der Waals surface area (Å²) in [7, 11) is 0. The zero-order chi connectivity index (χ0) is 22.0. The Morgan fingerprint density at radius 2 is 1.90 bits per heavy atom. The maximum absolute atomic E-state index is 14.3. The van der Waals surface area contributed by atoms with E-state index >= 15 is 0 Å². The molecule has 1 aliphatic rings. The zero-order valence-electron chi connectivity index (χ0n) is 18.2. The lowest BCUT2D eigenvalue weighted by Gasteiger charge is -2.28. The summed E-state index contributed by atoms with van der Waals surface area (Å²) in [5.74, 6) is -0.266. The van der Waals surface area contributed by atoms with Crippen molar-refractivity contribution in [2.45, 2.75) is 51.8 Å². The fourth-order valence-electron chi connectivity index (χ4n) is 3.85. The number of carbonyl (C=O) groups excluding carboxylic acids is 1. The number of nitrogens with zero attached hydrogens (tertiary/aromatic N) is 3. The first kappa shape index (κ1) is 21.2. The normalized spacial score (nSPS) is 16.6. The van der Waals surface area contributed by atoms with E-state index < -0.39 is 5.60 Å². The molecule has 3 aromatic rings. The molecule has 6 nitrogen and oxygen atoms in total. The minimum absolute atomic E-state index is 0.0865. The molecular formula is C24H28FN3O3. The van der Waals surface area contributed by atoms with Crippen LogP contribution < -0.4 is 4.74 Å². The van der Waals surface area contributed by atoms with E-state index in [0.717, 1.165) is 23.9 Å². The number of amides is 1. The molecule has 1 saturated heterocycles. The van der Waals surface area contributed by atoms with Crippen LogP contribution in [0.25, 0.3) is 11.0 Å². The van der Waals surface area contributed by atoms with Gasteiger partial charge in [0.25, 0.3) is 6.01 Å². The van der Waals surface area contributed by atoms with Gasteiger partial charge in [0, 0.05) is 12.1 Å². The molecule has 0 radical (unpaired) electrons. The smallest absolute Gasteiger partial charge is 0.410 e. The van der Waals surface area contributed by atoms with Crippen molar-refractivity contribution in [3.05, 3.63) is 59.9 Å². The quantitative estimate of drug-likeness (QED) is 0.577. The lowest BCUT2D eigenvalue weighted by Crippen LogP contribution is -2.42. The fraction of sp³-hybridized carbons (Fsp3) is 0.417. The lowest BCUT2D eigenvalue weighted by atomic mass is 10.2. The summed E-state index contributed by atoms with van der Waals surface area (Å²) in [6.07, 6.45) is 1.42. The van der Waals surface area contributed by atoms with E-state index in [0.29, 0.717) is 31.3 Å². The average Bonchev–Trinajstić information content (AvgIpc) is 3.32. The number of para-hydroxylation sites is 2. The van der Waals surface area contributed by atoms with Gasteiger partial charge in [-0.2, -0.15) is 4.98 Å². The van der Waals surface area contributed by atoms with Gasteiger partial charge in [0.05, 0.1) is 23.6 Å². The maximum Gasteiger partial charge on any atom is 0.410 e. The molecule has 7 heteroatoms. The Morgan fingerprint density at radius 3 is 2.68 bits per heavy atom. The Morgan fingerprint density at radius 1 is 1.16 bits per heavy atom. The van der Waals surface area contributed by atoms with Crippen molar-refractivity contribution in [1.82, 2.24) is 14.5 Å². The van der Waals surface area contributed by atoms with E-state index in [1.54, 1.807) is 17.0 Å². The number of benzene rings is 2. The third-order valence-electron chi connectivity index (χ3n) is 5.32. The van der Waals surface area contributed by atoms with E-state index in [2.05, 4.69) is 4.98 Å². The molecular weight excluding hydrogens is 397 g/mol. The Balaban J connectivity index is 1.54. The number of rotatable bonds is 5. The molecule has 164 valence electrons. The third kappa shape index (κ3) is 4.81. The molecule has 2 aromatic carbocycles. The zero-order valence-corrected chi connectivity index (χ0v) is 18.2.